The van der Waals surface area contributed by atoms with Crippen LogP contribution in [-0.4, -0.2) is 73.4 Å². The zero-order valence-corrected chi connectivity index (χ0v) is 31.9. The summed E-state index contributed by atoms with van der Waals surface area (Å²) in [6.45, 7) is 12.1. The topological polar surface area (TPSA) is 108 Å². The van der Waals surface area contributed by atoms with Gasteiger partial charge in [0.15, 0.2) is 14.4 Å². The molecule has 9 nitrogen and oxygen atoms in total. The average molecular weight is 738 g/mol. The van der Waals surface area contributed by atoms with Gasteiger partial charge in [-0.1, -0.05) is 98.8 Å². The number of benzene rings is 4. The number of hydrogen-bond acceptors (Lipinski definition) is 9. The number of aryl methyl sites for hydroxylation is 1. The second-order valence-corrected chi connectivity index (χ2v) is 20.5. The molecule has 270 valence electrons. The normalized spacial score (nSPS) is 21.8. The van der Waals surface area contributed by atoms with Crippen molar-refractivity contribution in [1.82, 2.24) is 4.90 Å². The largest absolute Gasteiger partial charge is 0.459 e. The summed E-state index contributed by atoms with van der Waals surface area (Å²) in [6.07, 6.45) is -3.22. The van der Waals surface area contributed by atoms with Gasteiger partial charge in [-0.3, -0.25) is 14.5 Å². The maximum atomic E-state index is 14.3. The summed E-state index contributed by atoms with van der Waals surface area (Å²) in [5.41, 5.74) is 1.24. The third-order valence-corrected chi connectivity index (χ3v) is 15.5. The van der Waals surface area contributed by atoms with E-state index in [0.29, 0.717) is 5.56 Å². The number of fused-ring (bicyclic) bond motifs is 1. The van der Waals surface area contributed by atoms with Gasteiger partial charge in [0.05, 0.1) is 22.3 Å². The van der Waals surface area contributed by atoms with Crippen molar-refractivity contribution >= 4 is 43.8 Å². The van der Waals surface area contributed by atoms with E-state index in [1.807, 2.05) is 37.3 Å². The summed E-state index contributed by atoms with van der Waals surface area (Å²) >= 11 is 1.29. The fraction of sp³-hybridized carbons (Fsp3) is 0.317. The maximum absolute atomic E-state index is 14.3. The number of thioether (sulfide) groups is 1. The van der Waals surface area contributed by atoms with Gasteiger partial charge in [-0.2, -0.15) is 0 Å². The number of imide groups is 1. The van der Waals surface area contributed by atoms with Crippen LogP contribution in [0.3, 0.4) is 0 Å². The van der Waals surface area contributed by atoms with Crippen LogP contribution in [0.5, 0.6) is 0 Å². The third kappa shape index (κ3) is 7.78. The highest BCUT2D eigenvalue weighted by Gasteiger charge is 2.58. The molecule has 4 aromatic rings. The monoisotopic (exact) mass is 737 g/mol. The quantitative estimate of drug-likeness (QED) is 0.0911. The van der Waals surface area contributed by atoms with Crippen LogP contribution in [0.15, 0.2) is 114 Å². The Balaban J connectivity index is 1.49. The maximum Gasteiger partial charge on any atom is 0.338 e. The highest BCUT2D eigenvalue weighted by atomic mass is 32.2. The first-order valence-corrected chi connectivity index (χ1v) is 21.1. The van der Waals surface area contributed by atoms with E-state index >= 15 is 0 Å². The number of amides is 2. The fourth-order valence-electron chi connectivity index (χ4n) is 6.00. The van der Waals surface area contributed by atoms with Crippen molar-refractivity contribution in [1.29, 1.82) is 0 Å². The number of carbonyl (C=O) groups excluding carboxylic acids is 4. The Hall–Kier alpha value is -4.55. The van der Waals surface area contributed by atoms with E-state index in [2.05, 4.69) is 33.9 Å². The Kier molecular flexibility index (Phi) is 10.9. The molecular formula is C41H43NO8SSi. The molecule has 11 heteroatoms. The molecule has 52 heavy (non-hydrogen) atoms. The summed E-state index contributed by atoms with van der Waals surface area (Å²) in [7, 11) is -2.70. The van der Waals surface area contributed by atoms with Crippen LogP contribution in [0.25, 0.3) is 0 Å². The molecule has 2 aliphatic heterocycles. The van der Waals surface area contributed by atoms with Gasteiger partial charge in [-0.05, 0) is 73.6 Å². The first kappa shape index (κ1) is 37.2. The van der Waals surface area contributed by atoms with Crippen molar-refractivity contribution in [3.63, 3.8) is 0 Å². The minimum absolute atomic E-state index is 0.244. The van der Waals surface area contributed by atoms with Crippen molar-refractivity contribution in [2.75, 3.05) is 6.61 Å². The first-order valence-electron chi connectivity index (χ1n) is 17.3. The zero-order valence-electron chi connectivity index (χ0n) is 30.1. The van der Waals surface area contributed by atoms with E-state index in [1.54, 1.807) is 78.9 Å². The molecule has 0 N–H and O–H groups in total. The summed E-state index contributed by atoms with van der Waals surface area (Å²) in [6, 6.07) is 30.4. The Morgan fingerprint density at radius 2 is 1.27 bits per heavy atom. The average Bonchev–Trinajstić information content (AvgIpc) is 3.38. The molecule has 2 aliphatic rings. The second-order valence-electron chi connectivity index (χ2n) is 14.5. The van der Waals surface area contributed by atoms with Gasteiger partial charge in [-0.25, -0.2) is 9.59 Å². The van der Waals surface area contributed by atoms with Crippen molar-refractivity contribution in [2.45, 2.75) is 80.5 Å². The summed E-state index contributed by atoms with van der Waals surface area (Å²) in [4.78, 5) is 57.8. The van der Waals surface area contributed by atoms with Crippen LogP contribution >= 0.6 is 11.8 Å². The van der Waals surface area contributed by atoms with Gasteiger partial charge < -0.3 is 18.6 Å². The molecule has 1 fully saturated rings. The minimum Gasteiger partial charge on any atom is -0.459 e. The lowest BCUT2D eigenvalue weighted by Gasteiger charge is -2.51. The van der Waals surface area contributed by atoms with Gasteiger partial charge in [0, 0.05) is 4.90 Å². The number of rotatable bonds is 10. The van der Waals surface area contributed by atoms with Gasteiger partial charge in [-0.15, -0.1) is 0 Å². The lowest BCUT2D eigenvalue weighted by atomic mass is 9.96. The van der Waals surface area contributed by atoms with Crippen molar-refractivity contribution < 1.29 is 37.8 Å². The fourth-order valence-corrected chi connectivity index (χ4v) is 8.49. The lowest BCUT2D eigenvalue weighted by molar-refractivity contribution is -0.178. The summed E-state index contributed by atoms with van der Waals surface area (Å²) < 4.78 is 26.3. The van der Waals surface area contributed by atoms with E-state index in [4.69, 9.17) is 18.6 Å². The van der Waals surface area contributed by atoms with Gasteiger partial charge in [0.1, 0.15) is 30.3 Å². The molecule has 4 aromatic carbocycles. The second kappa shape index (κ2) is 15.2. The van der Waals surface area contributed by atoms with E-state index in [9.17, 15) is 19.2 Å². The van der Waals surface area contributed by atoms with E-state index < -0.39 is 61.9 Å². The van der Waals surface area contributed by atoms with E-state index in [0.717, 1.165) is 15.4 Å². The van der Waals surface area contributed by atoms with E-state index in [1.165, 1.54) is 11.8 Å². The molecule has 0 radical (unpaired) electrons. The van der Waals surface area contributed by atoms with Crippen molar-refractivity contribution in [3.05, 3.63) is 137 Å². The molecule has 2 amide bonds. The Morgan fingerprint density at radius 1 is 0.750 bits per heavy atom. The highest BCUT2D eigenvalue weighted by molar-refractivity contribution is 7.99. The predicted octanol–water partition coefficient (Wildman–Crippen LogP) is 7.95. The van der Waals surface area contributed by atoms with Gasteiger partial charge in [0.25, 0.3) is 11.8 Å². The number of ether oxygens (including phenoxy) is 3. The molecule has 2 heterocycles. The molecule has 6 rings (SSSR count). The molecule has 3 unspecified atom stereocenters. The number of hydrogen-bond donors (Lipinski definition) is 0. The van der Waals surface area contributed by atoms with Crippen molar-refractivity contribution in [2.24, 2.45) is 0 Å². The molecule has 0 aliphatic carbocycles. The van der Waals surface area contributed by atoms with Crippen LogP contribution in [0.2, 0.25) is 18.1 Å². The summed E-state index contributed by atoms with van der Waals surface area (Å²) in [5, 5.41) is -0.301. The molecule has 0 aromatic heterocycles. The zero-order chi connectivity index (χ0) is 37.2. The number of carbonyl (C=O) groups is 4. The molecule has 0 saturated carbocycles. The Labute approximate surface area is 309 Å². The van der Waals surface area contributed by atoms with Gasteiger partial charge in [0.2, 0.25) is 0 Å². The van der Waals surface area contributed by atoms with Gasteiger partial charge >= 0.3 is 11.9 Å². The Morgan fingerprint density at radius 3 is 1.81 bits per heavy atom. The van der Waals surface area contributed by atoms with Crippen LogP contribution < -0.4 is 0 Å². The summed E-state index contributed by atoms with van der Waals surface area (Å²) in [5.74, 6) is -2.26. The predicted molar refractivity (Wildman–Crippen MR) is 201 cm³/mol. The van der Waals surface area contributed by atoms with Crippen LogP contribution in [0, 0.1) is 6.92 Å². The van der Waals surface area contributed by atoms with Crippen LogP contribution in [0.4, 0.5) is 0 Å². The molecular weight excluding hydrogens is 695 g/mol. The Bertz CT molecular complexity index is 1890. The molecule has 1 saturated heterocycles. The molecule has 0 spiro atoms. The van der Waals surface area contributed by atoms with Crippen LogP contribution in [-0.2, 0) is 18.6 Å². The van der Waals surface area contributed by atoms with E-state index in [-0.39, 0.29) is 28.3 Å². The molecule has 5 atom stereocenters. The lowest BCUT2D eigenvalue weighted by Crippen LogP contribution is -2.68. The SMILES string of the molecule is Cc1ccc(S[C@@H]2OC(COC(=O)c3ccccc3)C(O[Si](C)(C)C(C)(C)C)[C@H](OC(=O)c3ccccc3)C2N2C(=O)c3ccccc3C2=O)cc1. The molecule has 0 bridgehead atoms. The minimum atomic E-state index is -2.70. The standard InChI is InChI=1S/C41H43NO8SSi/c1-26-21-23-29(24-22-26)51-40-33(42-36(43)30-19-13-14-20-31(30)37(42)44)35(49-39(46)28-17-11-8-12-18-28)34(50-52(5,6)41(2,3)4)32(48-40)25-47-38(45)27-15-9-7-10-16-27/h7-24,32-35,40H,25H2,1-6H3/t32?,33?,34?,35-,40+/m1/s1. The third-order valence-electron chi connectivity index (χ3n) is 9.89. The smallest absolute Gasteiger partial charge is 0.338 e. The number of nitrogens with zero attached hydrogens (tertiary/aromatic N) is 1. The number of esters is 2. The van der Waals surface area contributed by atoms with Crippen molar-refractivity contribution in [3.8, 4) is 0 Å². The highest BCUT2D eigenvalue weighted by Crippen LogP contribution is 2.44. The first-order chi connectivity index (χ1) is 24.7. The van der Waals surface area contributed by atoms with Crippen LogP contribution in [0.1, 0.15) is 67.8 Å².